The van der Waals surface area contributed by atoms with Crippen molar-refractivity contribution < 1.29 is 13.2 Å². The number of nitrogens with zero attached hydrogens (tertiary/aromatic N) is 3. The topological polar surface area (TPSA) is 42.7 Å². The summed E-state index contributed by atoms with van der Waals surface area (Å²) in [6.45, 7) is 3.48. The van der Waals surface area contributed by atoms with E-state index >= 15 is 0 Å². The molecule has 0 saturated heterocycles. The first-order valence-corrected chi connectivity index (χ1v) is 6.30. The molecule has 0 unspecified atom stereocenters. The normalized spacial score (nSPS) is 11.8. The molecule has 7 heteroatoms. The molecule has 0 amide bonds. The minimum atomic E-state index is -4.33. The van der Waals surface area contributed by atoms with Crippen LogP contribution in [-0.4, -0.2) is 21.5 Å². The van der Waals surface area contributed by atoms with Crippen LogP contribution in [0.15, 0.2) is 30.5 Å². The van der Waals surface area contributed by atoms with Gasteiger partial charge in [-0.1, -0.05) is 12.1 Å². The molecule has 20 heavy (non-hydrogen) atoms. The molecule has 1 N–H and O–H groups in total. The van der Waals surface area contributed by atoms with Crippen LogP contribution in [0.5, 0.6) is 0 Å². The third kappa shape index (κ3) is 3.36. The zero-order chi connectivity index (χ0) is 14.6. The number of hydrogen-bond acceptors (Lipinski definition) is 3. The molecule has 0 radical (unpaired) electrons. The summed E-state index contributed by atoms with van der Waals surface area (Å²) >= 11 is 0. The molecule has 0 fully saturated rings. The fraction of sp³-hybridized carbons (Fsp3) is 0.385. The molecule has 0 atom stereocenters. The lowest BCUT2D eigenvalue weighted by Crippen LogP contribution is -2.16. The Morgan fingerprint density at radius 3 is 2.50 bits per heavy atom. The monoisotopic (exact) mass is 284 g/mol. The van der Waals surface area contributed by atoms with Crippen molar-refractivity contribution in [2.45, 2.75) is 26.1 Å². The predicted molar refractivity (Wildman–Crippen MR) is 68.4 cm³/mol. The highest BCUT2D eigenvalue weighted by atomic mass is 19.4. The number of benzene rings is 1. The van der Waals surface area contributed by atoms with Crippen molar-refractivity contribution in [1.82, 2.24) is 20.3 Å². The molecule has 4 nitrogen and oxygen atoms in total. The van der Waals surface area contributed by atoms with Crippen molar-refractivity contribution in [3.8, 4) is 5.69 Å². The van der Waals surface area contributed by atoms with E-state index < -0.39 is 11.7 Å². The van der Waals surface area contributed by atoms with Crippen molar-refractivity contribution in [1.29, 1.82) is 0 Å². The Morgan fingerprint density at radius 1 is 1.20 bits per heavy atom. The summed E-state index contributed by atoms with van der Waals surface area (Å²) in [7, 11) is 0. The number of alkyl halides is 3. The lowest BCUT2D eigenvalue weighted by Gasteiger charge is -2.09. The lowest BCUT2D eigenvalue weighted by atomic mass is 10.2. The summed E-state index contributed by atoms with van der Waals surface area (Å²) in [6, 6.07) is 4.86. The maximum Gasteiger partial charge on any atom is 0.416 e. The van der Waals surface area contributed by atoms with Crippen molar-refractivity contribution in [2.24, 2.45) is 0 Å². The molecule has 0 aliphatic carbocycles. The summed E-state index contributed by atoms with van der Waals surface area (Å²) in [4.78, 5) is 0. The van der Waals surface area contributed by atoms with Gasteiger partial charge in [0, 0.05) is 6.54 Å². The quantitative estimate of drug-likeness (QED) is 0.859. The molecule has 0 aliphatic rings. The van der Waals surface area contributed by atoms with E-state index in [-0.39, 0.29) is 0 Å². The number of aromatic nitrogens is 3. The zero-order valence-corrected chi connectivity index (χ0v) is 11.0. The van der Waals surface area contributed by atoms with E-state index in [1.54, 1.807) is 6.20 Å². The first kappa shape index (κ1) is 14.5. The predicted octanol–water partition coefficient (Wildman–Crippen LogP) is 2.79. The zero-order valence-electron chi connectivity index (χ0n) is 11.0. The summed E-state index contributed by atoms with van der Waals surface area (Å²) in [5.41, 5.74) is 0.689. The molecule has 1 aromatic carbocycles. The van der Waals surface area contributed by atoms with Crippen LogP contribution in [-0.2, 0) is 12.7 Å². The Bertz CT molecular complexity index is 545. The van der Waals surface area contributed by atoms with Gasteiger partial charge in [0.1, 0.15) is 0 Å². The van der Waals surface area contributed by atoms with Gasteiger partial charge < -0.3 is 5.32 Å². The second-order valence-electron chi connectivity index (χ2n) is 4.36. The molecule has 0 aliphatic heterocycles. The van der Waals surface area contributed by atoms with Crippen LogP contribution < -0.4 is 5.32 Å². The largest absolute Gasteiger partial charge is 0.416 e. The molecular formula is C13H15F3N4. The van der Waals surface area contributed by atoms with Gasteiger partial charge in [-0.3, -0.25) is 0 Å². The summed E-state index contributed by atoms with van der Waals surface area (Å²) in [5.74, 6) is 0. The van der Waals surface area contributed by atoms with Crippen molar-refractivity contribution in [2.75, 3.05) is 6.54 Å². The SMILES string of the molecule is CCCNCc1cnnn1-c1ccc(C(F)(F)F)cc1. The number of hydrogen-bond donors (Lipinski definition) is 1. The fourth-order valence-electron chi connectivity index (χ4n) is 1.78. The standard InChI is InChI=1S/C13H15F3N4/c1-2-7-17-8-12-9-18-19-20(12)11-5-3-10(4-6-11)13(14,15)16/h3-6,9,17H,2,7-8H2,1H3. The maximum atomic E-state index is 12.5. The Morgan fingerprint density at radius 2 is 1.90 bits per heavy atom. The average Bonchev–Trinajstić information content (AvgIpc) is 2.87. The lowest BCUT2D eigenvalue weighted by molar-refractivity contribution is -0.137. The van der Waals surface area contributed by atoms with Crippen molar-refractivity contribution in [3.05, 3.63) is 41.7 Å². The highest BCUT2D eigenvalue weighted by Gasteiger charge is 2.30. The van der Waals surface area contributed by atoms with Gasteiger partial charge in [0.25, 0.3) is 0 Å². The van der Waals surface area contributed by atoms with E-state index in [0.29, 0.717) is 12.2 Å². The smallest absolute Gasteiger partial charge is 0.311 e. The second-order valence-corrected chi connectivity index (χ2v) is 4.36. The van der Waals surface area contributed by atoms with Crippen LogP contribution in [0.1, 0.15) is 24.6 Å². The van der Waals surface area contributed by atoms with Crippen LogP contribution in [0.3, 0.4) is 0 Å². The van der Waals surface area contributed by atoms with Crippen molar-refractivity contribution in [3.63, 3.8) is 0 Å². The van der Waals surface area contributed by atoms with Crippen molar-refractivity contribution >= 4 is 0 Å². The molecular weight excluding hydrogens is 269 g/mol. The first-order valence-electron chi connectivity index (χ1n) is 6.30. The van der Waals surface area contributed by atoms with Crippen LogP contribution in [0.2, 0.25) is 0 Å². The summed E-state index contributed by atoms with van der Waals surface area (Å²) < 4.78 is 39.0. The molecule has 0 saturated carbocycles. The molecule has 2 rings (SSSR count). The summed E-state index contributed by atoms with van der Waals surface area (Å²) in [6.07, 6.45) is -1.73. The van der Waals surface area contributed by atoms with E-state index in [9.17, 15) is 13.2 Å². The number of rotatable bonds is 5. The third-order valence-electron chi connectivity index (χ3n) is 2.79. The minimum Gasteiger partial charge on any atom is -0.311 e. The molecule has 2 aromatic rings. The Labute approximate surface area is 114 Å². The highest BCUT2D eigenvalue weighted by Crippen LogP contribution is 2.29. The minimum absolute atomic E-state index is 0.559. The Kier molecular flexibility index (Phi) is 4.39. The van der Waals surface area contributed by atoms with Gasteiger partial charge in [-0.15, -0.1) is 5.10 Å². The Hall–Kier alpha value is -1.89. The van der Waals surface area contributed by atoms with Gasteiger partial charge in [0.05, 0.1) is 23.1 Å². The van der Waals surface area contributed by atoms with Gasteiger partial charge in [-0.05, 0) is 37.2 Å². The average molecular weight is 284 g/mol. The fourth-order valence-corrected chi connectivity index (χ4v) is 1.78. The second kappa shape index (κ2) is 6.04. The third-order valence-corrected chi connectivity index (χ3v) is 2.79. The highest BCUT2D eigenvalue weighted by molar-refractivity contribution is 5.35. The maximum absolute atomic E-state index is 12.5. The molecule has 1 aromatic heterocycles. The van der Waals surface area contributed by atoms with Gasteiger partial charge in [-0.25, -0.2) is 4.68 Å². The molecule has 0 spiro atoms. The molecule has 108 valence electrons. The number of nitrogens with one attached hydrogen (secondary N) is 1. The Balaban J connectivity index is 2.18. The van der Waals surface area contributed by atoms with E-state index in [1.165, 1.54) is 16.8 Å². The van der Waals surface area contributed by atoms with Crippen LogP contribution in [0, 0.1) is 0 Å². The van der Waals surface area contributed by atoms with Crippen LogP contribution in [0.25, 0.3) is 5.69 Å². The van der Waals surface area contributed by atoms with E-state index in [4.69, 9.17) is 0 Å². The van der Waals surface area contributed by atoms with Gasteiger partial charge in [-0.2, -0.15) is 13.2 Å². The van der Waals surface area contributed by atoms with E-state index in [2.05, 4.69) is 22.6 Å². The molecule has 0 bridgehead atoms. The van der Waals surface area contributed by atoms with Crippen LogP contribution >= 0.6 is 0 Å². The molecule has 1 heterocycles. The first-order chi connectivity index (χ1) is 9.52. The van der Waals surface area contributed by atoms with E-state index in [0.717, 1.165) is 30.8 Å². The van der Waals surface area contributed by atoms with Gasteiger partial charge in [0.2, 0.25) is 0 Å². The van der Waals surface area contributed by atoms with Gasteiger partial charge in [0.15, 0.2) is 0 Å². The van der Waals surface area contributed by atoms with Gasteiger partial charge >= 0.3 is 6.18 Å². The van der Waals surface area contributed by atoms with Crippen LogP contribution in [0.4, 0.5) is 13.2 Å². The summed E-state index contributed by atoms with van der Waals surface area (Å²) in [5, 5.41) is 10.9. The number of halogens is 3. The van der Waals surface area contributed by atoms with E-state index in [1.807, 2.05) is 0 Å².